The van der Waals surface area contributed by atoms with Crippen LogP contribution in [0.25, 0.3) is 0 Å². The molecule has 0 aliphatic rings. The van der Waals surface area contributed by atoms with E-state index in [9.17, 15) is 9.59 Å². The van der Waals surface area contributed by atoms with Gasteiger partial charge in [-0.3, -0.25) is 9.59 Å². The van der Waals surface area contributed by atoms with Gasteiger partial charge in [0.1, 0.15) is 0 Å². The van der Waals surface area contributed by atoms with E-state index in [1.165, 1.54) is 0 Å². The SMILES string of the molecule is C=CCNC(=O)C(=O)C(CCCC)CCCCNC. The lowest BCUT2D eigenvalue weighted by molar-refractivity contribution is -0.140. The summed E-state index contributed by atoms with van der Waals surface area (Å²) in [6.45, 7) is 6.93. The Labute approximate surface area is 117 Å². The van der Waals surface area contributed by atoms with Gasteiger partial charge in [-0.15, -0.1) is 6.58 Å². The molecule has 1 atom stereocenters. The molecule has 1 unspecified atom stereocenters. The summed E-state index contributed by atoms with van der Waals surface area (Å²) in [5, 5.41) is 5.66. The summed E-state index contributed by atoms with van der Waals surface area (Å²) in [6.07, 6.45) is 7.28. The van der Waals surface area contributed by atoms with Crippen LogP contribution in [-0.2, 0) is 9.59 Å². The number of rotatable bonds is 12. The average Bonchev–Trinajstić information content (AvgIpc) is 2.43. The van der Waals surface area contributed by atoms with Crippen LogP contribution in [0, 0.1) is 5.92 Å². The third-order valence-corrected chi connectivity index (χ3v) is 3.14. The maximum absolute atomic E-state index is 12.1. The summed E-state index contributed by atoms with van der Waals surface area (Å²) in [4.78, 5) is 23.7. The van der Waals surface area contributed by atoms with Crippen molar-refractivity contribution in [3.63, 3.8) is 0 Å². The molecule has 0 rings (SSSR count). The lowest BCUT2D eigenvalue weighted by atomic mass is 9.91. The van der Waals surface area contributed by atoms with Gasteiger partial charge in [0.05, 0.1) is 0 Å². The van der Waals surface area contributed by atoms with Gasteiger partial charge in [0.2, 0.25) is 5.78 Å². The van der Waals surface area contributed by atoms with Gasteiger partial charge in [0.15, 0.2) is 0 Å². The summed E-state index contributed by atoms with van der Waals surface area (Å²) in [6, 6.07) is 0. The first-order chi connectivity index (χ1) is 9.17. The van der Waals surface area contributed by atoms with Crippen LogP contribution < -0.4 is 10.6 Å². The van der Waals surface area contributed by atoms with Gasteiger partial charge in [-0.05, 0) is 32.9 Å². The molecule has 4 heteroatoms. The zero-order chi connectivity index (χ0) is 14.5. The summed E-state index contributed by atoms with van der Waals surface area (Å²) in [5.74, 6) is -0.851. The number of Topliss-reactive ketones (excluding diaryl/α,β-unsaturated/α-hetero) is 1. The summed E-state index contributed by atoms with van der Waals surface area (Å²) in [5.41, 5.74) is 0. The topological polar surface area (TPSA) is 58.2 Å². The van der Waals surface area contributed by atoms with Crippen LogP contribution in [0.15, 0.2) is 12.7 Å². The highest BCUT2D eigenvalue weighted by Crippen LogP contribution is 2.17. The molecule has 0 aliphatic heterocycles. The number of amides is 1. The minimum Gasteiger partial charge on any atom is -0.346 e. The van der Waals surface area contributed by atoms with E-state index in [-0.39, 0.29) is 11.7 Å². The largest absolute Gasteiger partial charge is 0.346 e. The number of ketones is 1. The second kappa shape index (κ2) is 11.9. The predicted molar refractivity (Wildman–Crippen MR) is 79.0 cm³/mol. The standard InChI is InChI=1S/C15H28N2O2/c1-4-6-9-13(10-7-8-12-16-3)14(18)15(19)17-11-5-2/h5,13,16H,2,4,6-12H2,1,3H3,(H,17,19). The quantitative estimate of drug-likeness (QED) is 0.323. The highest BCUT2D eigenvalue weighted by atomic mass is 16.2. The Morgan fingerprint density at radius 1 is 1.21 bits per heavy atom. The fourth-order valence-corrected chi connectivity index (χ4v) is 1.99. The van der Waals surface area contributed by atoms with Crippen LogP contribution in [0.2, 0.25) is 0 Å². The fourth-order valence-electron chi connectivity index (χ4n) is 1.99. The molecule has 0 aromatic heterocycles. The van der Waals surface area contributed by atoms with Gasteiger partial charge in [-0.2, -0.15) is 0 Å². The molecule has 0 aliphatic carbocycles. The normalized spacial score (nSPS) is 11.9. The van der Waals surface area contributed by atoms with Crippen LogP contribution in [0.5, 0.6) is 0 Å². The monoisotopic (exact) mass is 268 g/mol. The van der Waals surface area contributed by atoms with Crippen molar-refractivity contribution >= 4 is 11.7 Å². The van der Waals surface area contributed by atoms with Crippen LogP contribution in [0.3, 0.4) is 0 Å². The minimum absolute atomic E-state index is 0.123. The van der Waals surface area contributed by atoms with Crippen LogP contribution in [0.1, 0.15) is 45.4 Å². The van der Waals surface area contributed by atoms with Gasteiger partial charge in [-0.25, -0.2) is 0 Å². The molecule has 0 spiro atoms. The van der Waals surface area contributed by atoms with Crippen molar-refractivity contribution in [2.24, 2.45) is 5.92 Å². The highest BCUT2D eigenvalue weighted by molar-refractivity contribution is 6.36. The lowest BCUT2D eigenvalue weighted by Gasteiger charge is -2.14. The first-order valence-corrected chi connectivity index (χ1v) is 7.24. The van der Waals surface area contributed by atoms with Gasteiger partial charge in [0.25, 0.3) is 5.91 Å². The number of unbranched alkanes of at least 4 members (excludes halogenated alkanes) is 2. The van der Waals surface area contributed by atoms with Crippen molar-refractivity contribution in [2.75, 3.05) is 20.1 Å². The Bertz CT molecular complexity index is 277. The maximum Gasteiger partial charge on any atom is 0.287 e. The van der Waals surface area contributed by atoms with Crippen molar-refractivity contribution in [2.45, 2.75) is 45.4 Å². The average molecular weight is 268 g/mol. The van der Waals surface area contributed by atoms with Crippen LogP contribution in [0.4, 0.5) is 0 Å². The van der Waals surface area contributed by atoms with E-state index in [4.69, 9.17) is 0 Å². The van der Waals surface area contributed by atoms with Crippen LogP contribution >= 0.6 is 0 Å². The van der Waals surface area contributed by atoms with E-state index in [0.717, 1.165) is 45.1 Å². The second-order valence-electron chi connectivity index (χ2n) is 4.80. The number of carbonyl (C=O) groups excluding carboxylic acids is 2. The Balaban J connectivity index is 4.24. The zero-order valence-electron chi connectivity index (χ0n) is 12.3. The second-order valence-corrected chi connectivity index (χ2v) is 4.80. The molecular weight excluding hydrogens is 240 g/mol. The van der Waals surface area contributed by atoms with Crippen molar-refractivity contribution in [1.29, 1.82) is 0 Å². The number of carbonyl (C=O) groups is 2. The molecule has 0 fully saturated rings. The fraction of sp³-hybridized carbons (Fsp3) is 0.733. The Morgan fingerprint density at radius 2 is 1.89 bits per heavy atom. The third kappa shape index (κ3) is 8.54. The first kappa shape index (κ1) is 17.8. The molecule has 0 aromatic carbocycles. The lowest BCUT2D eigenvalue weighted by Crippen LogP contribution is -2.35. The Morgan fingerprint density at radius 3 is 2.47 bits per heavy atom. The predicted octanol–water partition coefficient (Wildman–Crippen LogP) is 2.05. The van der Waals surface area contributed by atoms with Crippen LogP contribution in [-0.4, -0.2) is 31.8 Å². The molecule has 2 N–H and O–H groups in total. The third-order valence-electron chi connectivity index (χ3n) is 3.14. The molecule has 1 amide bonds. The Hall–Kier alpha value is -1.16. The van der Waals surface area contributed by atoms with E-state index in [1.807, 2.05) is 7.05 Å². The molecule has 0 heterocycles. The van der Waals surface area contributed by atoms with Gasteiger partial charge in [-0.1, -0.05) is 32.3 Å². The van der Waals surface area contributed by atoms with Gasteiger partial charge < -0.3 is 10.6 Å². The molecule has 0 saturated carbocycles. The molecule has 19 heavy (non-hydrogen) atoms. The van der Waals surface area contributed by atoms with Crippen molar-refractivity contribution < 1.29 is 9.59 Å². The summed E-state index contributed by atoms with van der Waals surface area (Å²) in [7, 11) is 1.92. The first-order valence-electron chi connectivity index (χ1n) is 7.24. The maximum atomic E-state index is 12.1. The number of nitrogens with one attached hydrogen (secondary N) is 2. The molecule has 4 nitrogen and oxygen atoms in total. The van der Waals surface area contributed by atoms with E-state index in [0.29, 0.717) is 6.54 Å². The highest BCUT2D eigenvalue weighted by Gasteiger charge is 2.23. The summed E-state index contributed by atoms with van der Waals surface area (Å²) >= 11 is 0. The molecule has 110 valence electrons. The molecule has 0 radical (unpaired) electrons. The molecule has 0 aromatic rings. The van der Waals surface area contributed by atoms with Gasteiger partial charge >= 0.3 is 0 Å². The van der Waals surface area contributed by atoms with Crippen molar-refractivity contribution in [1.82, 2.24) is 10.6 Å². The molecule has 0 bridgehead atoms. The minimum atomic E-state index is -0.463. The van der Waals surface area contributed by atoms with Crippen molar-refractivity contribution in [3.8, 4) is 0 Å². The van der Waals surface area contributed by atoms with E-state index >= 15 is 0 Å². The molecule has 0 saturated heterocycles. The van der Waals surface area contributed by atoms with E-state index in [1.54, 1.807) is 6.08 Å². The van der Waals surface area contributed by atoms with Crippen molar-refractivity contribution in [3.05, 3.63) is 12.7 Å². The molecular formula is C15H28N2O2. The van der Waals surface area contributed by atoms with E-state index < -0.39 is 5.91 Å². The summed E-state index contributed by atoms with van der Waals surface area (Å²) < 4.78 is 0. The van der Waals surface area contributed by atoms with E-state index in [2.05, 4.69) is 24.1 Å². The number of hydrogen-bond donors (Lipinski definition) is 2. The smallest absolute Gasteiger partial charge is 0.287 e. The zero-order valence-corrected chi connectivity index (χ0v) is 12.3. The van der Waals surface area contributed by atoms with Gasteiger partial charge in [0, 0.05) is 12.5 Å². The number of hydrogen-bond acceptors (Lipinski definition) is 3. The Kier molecular flexibility index (Phi) is 11.2.